The summed E-state index contributed by atoms with van der Waals surface area (Å²) >= 11 is 1.59. The van der Waals surface area contributed by atoms with Crippen LogP contribution in [-0.2, 0) is 6.42 Å². The van der Waals surface area contributed by atoms with Crippen molar-refractivity contribution in [2.75, 3.05) is 26.2 Å². The van der Waals surface area contributed by atoms with Crippen LogP contribution in [-0.4, -0.2) is 48.2 Å². The van der Waals surface area contributed by atoms with Crippen molar-refractivity contribution in [3.05, 3.63) is 34.7 Å². The zero-order valence-electron chi connectivity index (χ0n) is 15.2. The van der Waals surface area contributed by atoms with Gasteiger partial charge in [0.25, 0.3) is 5.91 Å². The number of aliphatic hydroxyl groups excluding tert-OH is 1. The number of carbonyl (C=O) groups excluding carboxylic acids is 1. The van der Waals surface area contributed by atoms with Gasteiger partial charge in [0.05, 0.1) is 11.5 Å². The van der Waals surface area contributed by atoms with E-state index >= 15 is 0 Å². The summed E-state index contributed by atoms with van der Waals surface area (Å²) in [5, 5.41) is 13.1. The Morgan fingerprint density at radius 2 is 2.08 bits per heavy atom. The summed E-state index contributed by atoms with van der Waals surface area (Å²) in [5.41, 5.74) is 1.20. The van der Waals surface area contributed by atoms with Gasteiger partial charge < -0.3 is 10.4 Å². The summed E-state index contributed by atoms with van der Waals surface area (Å²) in [5.74, 6) is 0.863. The van der Waals surface area contributed by atoms with Gasteiger partial charge in [0.1, 0.15) is 0 Å². The highest BCUT2D eigenvalue weighted by Gasteiger charge is 2.31. The van der Waals surface area contributed by atoms with Gasteiger partial charge in [-0.05, 0) is 61.6 Å². The van der Waals surface area contributed by atoms with Crippen LogP contribution in [0.15, 0.2) is 24.3 Å². The Balaban J connectivity index is 1.61. The summed E-state index contributed by atoms with van der Waals surface area (Å²) < 4.78 is 1.18. The van der Waals surface area contributed by atoms with E-state index in [2.05, 4.69) is 28.4 Å². The van der Waals surface area contributed by atoms with Gasteiger partial charge in [-0.2, -0.15) is 0 Å². The van der Waals surface area contributed by atoms with Crippen LogP contribution in [0.4, 0.5) is 0 Å². The van der Waals surface area contributed by atoms with E-state index in [0.29, 0.717) is 12.6 Å². The molecule has 140 valence electrons. The molecule has 1 amide bonds. The fourth-order valence-corrected chi connectivity index (χ4v) is 5.28. The van der Waals surface area contributed by atoms with Crippen molar-refractivity contribution in [2.24, 2.45) is 5.92 Å². The molecule has 2 heterocycles. The Bertz CT molecular complexity index is 768. The number of likely N-dealkylation sites (tertiary alicyclic amines) is 1. The van der Waals surface area contributed by atoms with E-state index in [0.717, 1.165) is 17.2 Å². The Morgan fingerprint density at radius 1 is 1.23 bits per heavy atom. The molecule has 0 radical (unpaired) electrons. The number of nitrogens with one attached hydrogen (secondary N) is 1. The first kappa shape index (κ1) is 18.0. The van der Waals surface area contributed by atoms with Gasteiger partial charge in [-0.15, -0.1) is 11.3 Å². The third-order valence-corrected chi connectivity index (χ3v) is 6.89. The monoisotopic (exact) mass is 372 g/mol. The number of nitrogens with zero attached hydrogens (tertiary/aromatic N) is 1. The molecule has 0 spiro atoms. The van der Waals surface area contributed by atoms with Crippen molar-refractivity contribution in [1.29, 1.82) is 0 Å². The number of hydrogen-bond acceptors (Lipinski definition) is 4. The van der Waals surface area contributed by atoms with Gasteiger partial charge in [-0.3, -0.25) is 9.69 Å². The summed E-state index contributed by atoms with van der Waals surface area (Å²) in [4.78, 5) is 16.2. The van der Waals surface area contributed by atoms with Crippen LogP contribution in [0.25, 0.3) is 10.1 Å². The molecule has 1 aromatic heterocycles. The minimum Gasteiger partial charge on any atom is -0.395 e. The van der Waals surface area contributed by atoms with Crippen molar-refractivity contribution >= 4 is 27.3 Å². The number of fused-ring (bicyclic) bond motifs is 1. The normalized spacial score (nSPS) is 21.2. The molecular formula is C21H28N2O2S. The molecule has 1 unspecified atom stereocenters. The first-order valence-electron chi connectivity index (χ1n) is 9.89. The van der Waals surface area contributed by atoms with Gasteiger partial charge in [0.15, 0.2) is 0 Å². The Hall–Kier alpha value is -1.43. The van der Waals surface area contributed by atoms with Crippen molar-refractivity contribution in [2.45, 2.75) is 44.6 Å². The molecule has 2 fully saturated rings. The quantitative estimate of drug-likeness (QED) is 0.783. The first-order valence-corrected chi connectivity index (χ1v) is 10.7. The average molecular weight is 373 g/mol. The predicted molar refractivity (Wildman–Crippen MR) is 107 cm³/mol. The lowest BCUT2D eigenvalue weighted by atomic mass is 9.93. The summed E-state index contributed by atoms with van der Waals surface area (Å²) in [6.45, 7) is 2.72. The van der Waals surface area contributed by atoms with Crippen LogP contribution in [0.2, 0.25) is 0 Å². The van der Waals surface area contributed by atoms with Crippen molar-refractivity contribution < 1.29 is 9.90 Å². The van der Waals surface area contributed by atoms with Gasteiger partial charge >= 0.3 is 0 Å². The first-order chi connectivity index (χ1) is 12.8. The van der Waals surface area contributed by atoms with Crippen LogP contribution in [0.1, 0.15) is 47.3 Å². The number of amides is 1. The number of hydrogen-bond donors (Lipinski definition) is 2. The van der Waals surface area contributed by atoms with Crippen LogP contribution in [0.3, 0.4) is 0 Å². The Morgan fingerprint density at radius 3 is 2.88 bits per heavy atom. The van der Waals surface area contributed by atoms with E-state index in [-0.39, 0.29) is 12.5 Å². The zero-order chi connectivity index (χ0) is 17.9. The maximum Gasteiger partial charge on any atom is 0.261 e. The molecule has 1 saturated heterocycles. The lowest BCUT2D eigenvalue weighted by Crippen LogP contribution is -2.42. The number of piperidine rings is 1. The molecule has 2 N–H and O–H groups in total. The SMILES string of the molecule is O=C(NCCO)c1sc2ccccc2c1CC1CCCCN1CC1CC1. The third-order valence-electron chi connectivity index (χ3n) is 5.68. The van der Waals surface area contributed by atoms with E-state index in [1.165, 1.54) is 60.8 Å². The third kappa shape index (κ3) is 3.95. The van der Waals surface area contributed by atoms with Gasteiger partial charge in [-0.1, -0.05) is 24.6 Å². The van der Waals surface area contributed by atoms with Gasteiger partial charge in [0, 0.05) is 23.8 Å². The Kier molecular flexibility index (Phi) is 5.57. The highest BCUT2D eigenvalue weighted by Crippen LogP contribution is 2.36. The fourth-order valence-electron chi connectivity index (χ4n) is 4.13. The highest BCUT2D eigenvalue weighted by molar-refractivity contribution is 7.21. The summed E-state index contributed by atoms with van der Waals surface area (Å²) in [7, 11) is 0. The number of carbonyl (C=O) groups is 1. The van der Waals surface area contributed by atoms with Crippen LogP contribution in [0, 0.1) is 5.92 Å². The van der Waals surface area contributed by atoms with E-state index in [9.17, 15) is 4.79 Å². The number of benzene rings is 1. The lowest BCUT2D eigenvalue weighted by Gasteiger charge is -2.36. The number of thiophene rings is 1. The highest BCUT2D eigenvalue weighted by atomic mass is 32.1. The molecular weight excluding hydrogens is 344 g/mol. The maximum atomic E-state index is 12.7. The molecule has 1 saturated carbocycles. The molecule has 4 rings (SSSR count). The average Bonchev–Trinajstić information content (AvgIpc) is 3.41. The molecule has 1 aliphatic heterocycles. The molecule has 1 atom stereocenters. The van der Waals surface area contributed by atoms with Crippen LogP contribution in [0.5, 0.6) is 0 Å². The smallest absolute Gasteiger partial charge is 0.261 e. The van der Waals surface area contributed by atoms with Crippen molar-refractivity contribution in [3.63, 3.8) is 0 Å². The summed E-state index contributed by atoms with van der Waals surface area (Å²) in [6, 6.07) is 8.91. The molecule has 2 aliphatic rings. The maximum absolute atomic E-state index is 12.7. The van der Waals surface area contributed by atoms with Crippen LogP contribution >= 0.6 is 11.3 Å². The van der Waals surface area contributed by atoms with Crippen LogP contribution < -0.4 is 5.32 Å². The second kappa shape index (κ2) is 8.07. The lowest BCUT2D eigenvalue weighted by molar-refractivity contribution is 0.0946. The topological polar surface area (TPSA) is 52.6 Å². The van der Waals surface area contributed by atoms with E-state index in [1.54, 1.807) is 11.3 Å². The number of aliphatic hydroxyl groups is 1. The molecule has 1 aliphatic carbocycles. The molecule has 4 nitrogen and oxygen atoms in total. The molecule has 0 bridgehead atoms. The second-order valence-corrected chi connectivity index (χ2v) is 8.73. The predicted octanol–water partition coefficient (Wildman–Crippen LogP) is 3.43. The molecule has 26 heavy (non-hydrogen) atoms. The van der Waals surface area contributed by atoms with E-state index in [4.69, 9.17) is 5.11 Å². The zero-order valence-corrected chi connectivity index (χ0v) is 16.1. The standard InChI is InChI=1S/C21H28N2O2S/c24-12-10-22-21(25)20-18(17-6-1-2-7-19(17)26-20)13-16-5-3-4-11-23(16)14-15-8-9-15/h1-2,6-7,15-16,24H,3-5,8-14H2,(H,22,25). The molecule has 2 aromatic rings. The van der Waals surface area contributed by atoms with Crippen molar-refractivity contribution in [1.82, 2.24) is 10.2 Å². The largest absolute Gasteiger partial charge is 0.395 e. The van der Waals surface area contributed by atoms with E-state index < -0.39 is 0 Å². The Labute approximate surface area is 159 Å². The van der Waals surface area contributed by atoms with E-state index in [1.807, 2.05) is 6.07 Å². The molecule has 5 heteroatoms. The van der Waals surface area contributed by atoms with Gasteiger partial charge in [-0.25, -0.2) is 0 Å². The summed E-state index contributed by atoms with van der Waals surface area (Å²) in [6.07, 6.45) is 7.56. The number of rotatable bonds is 7. The van der Waals surface area contributed by atoms with Crippen molar-refractivity contribution in [3.8, 4) is 0 Å². The second-order valence-electron chi connectivity index (χ2n) is 7.68. The molecule has 1 aromatic carbocycles. The minimum absolute atomic E-state index is 0.0240. The minimum atomic E-state index is -0.0418. The van der Waals surface area contributed by atoms with Gasteiger partial charge in [0.2, 0.25) is 0 Å². The fraction of sp³-hybridized carbons (Fsp3) is 0.571.